The Kier molecular flexibility index (Phi) is 3.60. The van der Waals surface area contributed by atoms with Gasteiger partial charge in [0.1, 0.15) is 5.84 Å². The van der Waals surface area contributed by atoms with E-state index in [2.05, 4.69) is 22.6 Å². The second-order valence-corrected chi connectivity index (χ2v) is 2.64. The van der Waals surface area contributed by atoms with Crippen LogP contribution < -0.4 is 5.73 Å². The van der Waals surface area contributed by atoms with Gasteiger partial charge in [0.2, 0.25) is 0 Å². The van der Waals surface area contributed by atoms with E-state index in [1.165, 1.54) is 0 Å². The Hall–Kier alpha value is -1.03. The zero-order valence-corrected chi connectivity index (χ0v) is 7.54. The molecule has 12 heavy (non-hydrogen) atoms. The average molecular weight is 181 g/mol. The van der Waals surface area contributed by atoms with Crippen molar-refractivity contribution in [2.75, 3.05) is 5.75 Å². The lowest BCUT2D eigenvalue weighted by molar-refractivity contribution is 1.05. The Labute approximate surface area is 77.1 Å². The Morgan fingerprint density at radius 1 is 1.50 bits per heavy atom. The normalized spacial score (nSPS) is 11.6. The predicted molar refractivity (Wildman–Crippen MR) is 53.4 cm³/mol. The summed E-state index contributed by atoms with van der Waals surface area (Å²) in [5.41, 5.74) is 6.59. The smallest absolute Gasteiger partial charge is 0.104 e. The lowest BCUT2D eigenvalue weighted by atomic mass is 10.3. The monoisotopic (exact) mass is 181 g/mol. The summed E-state index contributed by atoms with van der Waals surface area (Å²) in [6.45, 7) is 0.606. The first-order valence-electron chi connectivity index (χ1n) is 3.61. The standard InChI is InChI=1S/C8H11N3S/c9-8(6-12)11-5-7-1-3-10-4-2-7/h1-4,12H,5-6H2,(H2,9,11). The number of nitrogens with two attached hydrogens (primary N) is 1. The number of nitrogens with zero attached hydrogens (tertiary/aromatic N) is 2. The lowest BCUT2D eigenvalue weighted by Crippen LogP contribution is -2.13. The third-order valence-corrected chi connectivity index (χ3v) is 1.70. The first-order chi connectivity index (χ1) is 5.83. The number of hydrogen-bond donors (Lipinski definition) is 2. The van der Waals surface area contributed by atoms with E-state index in [9.17, 15) is 0 Å². The van der Waals surface area contributed by atoms with E-state index < -0.39 is 0 Å². The quantitative estimate of drug-likeness (QED) is 0.413. The number of aromatic nitrogens is 1. The number of aliphatic imine (C=N–C) groups is 1. The molecular weight excluding hydrogens is 170 g/mol. The Morgan fingerprint density at radius 2 is 2.17 bits per heavy atom. The molecule has 1 rings (SSSR count). The molecule has 4 heteroatoms. The van der Waals surface area contributed by atoms with Gasteiger partial charge >= 0.3 is 0 Å². The van der Waals surface area contributed by atoms with E-state index in [1.54, 1.807) is 12.4 Å². The SMILES string of the molecule is NC(CS)=NCc1ccncc1. The van der Waals surface area contributed by atoms with Gasteiger partial charge in [-0.3, -0.25) is 9.98 Å². The molecule has 0 atom stereocenters. The zero-order valence-electron chi connectivity index (χ0n) is 6.64. The van der Waals surface area contributed by atoms with Crippen LogP contribution in [0.1, 0.15) is 5.56 Å². The maximum Gasteiger partial charge on any atom is 0.104 e. The van der Waals surface area contributed by atoms with Crippen molar-refractivity contribution in [1.82, 2.24) is 4.98 Å². The van der Waals surface area contributed by atoms with Gasteiger partial charge in [0.05, 0.1) is 6.54 Å². The van der Waals surface area contributed by atoms with E-state index in [0.29, 0.717) is 18.1 Å². The topological polar surface area (TPSA) is 51.3 Å². The highest BCUT2D eigenvalue weighted by Crippen LogP contribution is 1.97. The second-order valence-electron chi connectivity index (χ2n) is 2.32. The molecule has 0 unspecified atom stereocenters. The molecule has 1 aromatic heterocycles. The molecule has 64 valence electrons. The van der Waals surface area contributed by atoms with Gasteiger partial charge in [0.15, 0.2) is 0 Å². The summed E-state index contributed by atoms with van der Waals surface area (Å²) in [4.78, 5) is 8.00. The molecule has 0 saturated heterocycles. The maximum atomic E-state index is 5.48. The van der Waals surface area contributed by atoms with Crippen molar-refractivity contribution in [3.8, 4) is 0 Å². The van der Waals surface area contributed by atoms with Crippen molar-refractivity contribution < 1.29 is 0 Å². The molecule has 0 aliphatic carbocycles. The van der Waals surface area contributed by atoms with Crippen LogP contribution in [-0.2, 0) is 6.54 Å². The van der Waals surface area contributed by atoms with Gasteiger partial charge in [-0.25, -0.2) is 0 Å². The minimum absolute atomic E-state index is 0.505. The number of pyridine rings is 1. The van der Waals surface area contributed by atoms with Crippen molar-refractivity contribution in [3.63, 3.8) is 0 Å². The first-order valence-corrected chi connectivity index (χ1v) is 4.24. The molecule has 0 saturated carbocycles. The summed E-state index contributed by atoms with van der Waals surface area (Å²) in [5.74, 6) is 1.07. The molecule has 1 aromatic rings. The van der Waals surface area contributed by atoms with Crippen LogP contribution in [0.4, 0.5) is 0 Å². The van der Waals surface area contributed by atoms with Crippen LogP contribution in [0, 0.1) is 0 Å². The average Bonchev–Trinajstić information content (AvgIpc) is 2.16. The summed E-state index contributed by atoms with van der Waals surface area (Å²) < 4.78 is 0. The molecule has 0 aliphatic rings. The van der Waals surface area contributed by atoms with Gasteiger partial charge < -0.3 is 5.73 Å². The molecule has 0 radical (unpaired) electrons. The summed E-state index contributed by atoms with van der Waals surface area (Å²) in [6, 6.07) is 3.82. The van der Waals surface area contributed by atoms with Crippen molar-refractivity contribution >= 4 is 18.5 Å². The highest BCUT2D eigenvalue weighted by molar-refractivity contribution is 7.81. The van der Waals surface area contributed by atoms with Crippen molar-refractivity contribution in [1.29, 1.82) is 0 Å². The molecule has 0 bridgehead atoms. The van der Waals surface area contributed by atoms with Gasteiger partial charge in [0, 0.05) is 18.1 Å². The third-order valence-electron chi connectivity index (χ3n) is 1.38. The van der Waals surface area contributed by atoms with Crippen LogP contribution in [0.25, 0.3) is 0 Å². The highest BCUT2D eigenvalue weighted by atomic mass is 32.1. The van der Waals surface area contributed by atoms with Gasteiger partial charge in [-0.05, 0) is 17.7 Å². The molecule has 1 heterocycles. The minimum Gasteiger partial charge on any atom is -0.387 e. The number of amidine groups is 1. The molecule has 0 aliphatic heterocycles. The van der Waals surface area contributed by atoms with E-state index >= 15 is 0 Å². The molecule has 2 N–H and O–H groups in total. The summed E-state index contributed by atoms with van der Waals surface area (Å²) in [6.07, 6.45) is 3.48. The molecular formula is C8H11N3S. The summed E-state index contributed by atoms with van der Waals surface area (Å²) >= 11 is 3.99. The zero-order chi connectivity index (χ0) is 8.81. The van der Waals surface area contributed by atoms with Crippen molar-refractivity contribution in [3.05, 3.63) is 30.1 Å². The molecule has 3 nitrogen and oxygen atoms in total. The second kappa shape index (κ2) is 4.77. The van der Waals surface area contributed by atoms with E-state index in [1.807, 2.05) is 12.1 Å². The Bertz CT molecular complexity index is 258. The summed E-state index contributed by atoms with van der Waals surface area (Å²) in [7, 11) is 0. The minimum atomic E-state index is 0.505. The molecule has 0 spiro atoms. The molecule has 0 aromatic carbocycles. The molecule has 0 fully saturated rings. The Morgan fingerprint density at radius 3 is 2.75 bits per heavy atom. The number of hydrogen-bond acceptors (Lipinski definition) is 3. The van der Waals surface area contributed by atoms with Crippen LogP contribution in [0.15, 0.2) is 29.5 Å². The largest absolute Gasteiger partial charge is 0.387 e. The Balaban J connectivity index is 2.54. The summed E-state index contributed by atoms with van der Waals surface area (Å²) in [5, 5.41) is 0. The fourth-order valence-electron chi connectivity index (χ4n) is 0.731. The van der Waals surface area contributed by atoms with Crippen molar-refractivity contribution in [2.45, 2.75) is 6.54 Å². The number of rotatable bonds is 3. The van der Waals surface area contributed by atoms with Crippen LogP contribution >= 0.6 is 12.6 Å². The third kappa shape index (κ3) is 2.92. The fourth-order valence-corrected chi connectivity index (χ4v) is 0.831. The van der Waals surface area contributed by atoms with Gasteiger partial charge in [-0.2, -0.15) is 12.6 Å². The first kappa shape index (κ1) is 9.06. The fraction of sp³-hybridized carbons (Fsp3) is 0.250. The van der Waals surface area contributed by atoms with E-state index in [0.717, 1.165) is 5.56 Å². The van der Waals surface area contributed by atoms with Gasteiger partial charge in [-0.15, -0.1) is 0 Å². The van der Waals surface area contributed by atoms with Gasteiger partial charge in [0.25, 0.3) is 0 Å². The number of thiol groups is 1. The predicted octanol–water partition coefficient (Wildman–Crippen LogP) is 0.869. The lowest BCUT2D eigenvalue weighted by Gasteiger charge is -1.96. The van der Waals surface area contributed by atoms with Crippen LogP contribution in [0.3, 0.4) is 0 Å². The van der Waals surface area contributed by atoms with Crippen LogP contribution in [0.5, 0.6) is 0 Å². The van der Waals surface area contributed by atoms with Crippen LogP contribution in [0.2, 0.25) is 0 Å². The van der Waals surface area contributed by atoms with Gasteiger partial charge in [-0.1, -0.05) is 0 Å². The molecule has 0 amide bonds. The van der Waals surface area contributed by atoms with E-state index in [4.69, 9.17) is 5.73 Å². The maximum absolute atomic E-state index is 5.48. The van der Waals surface area contributed by atoms with Crippen LogP contribution in [-0.4, -0.2) is 16.6 Å². The van der Waals surface area contributed by atoms with Crippen molar-refractivity contribution in [2.24, 2.45) is 10.7 Å². The van der Waals surface area contributed by atoms with E-state index in [-0.39, 0.29) is 0 Å². The highest BCUT2D eigenvalue weighted by Gasteiger charge is 1.89.